The minimum atomic E-state index is -6.54. The lowest BCUT2D eigenvalue weighted by atomic mass is 10.0. The van der Waals surface area contributed by atoms with Crippen molar-refractivity contribution in [3.63, 3.8) is 0 Å². The van der Waals surface area contributed by atoms with E-state index in [4.69, 9.17) is 0 Å². The molecule has 5 nitrogen and oxygen atoms in total. The van der Waals surface area contributed by atoms with Crippen LogP contribution in [0.15, 0.2) is 24.3 Å². The fourth-order valence-electron chi connectivity index (χ4n) is 2.11. The maximum absolute atomic E-state index is 14.3. The molecule has 0 spiro atoms. The van der Waals surface area contributed by atoms with Crippen LogP contribution in [-0.2, 0) is 4.74 Å². The number of fused-ring (bicyclic) bond motifs is 1. The van der Waals surface area contributed by atoms with Crippen LogP contribution in [0.5, 0.6) is 0 Å². The van der Waals surface area contributed by atoms with Crippen molar-refractivity contribution in [3.05, 3.63) is 24.3 Å². The number of anilines is 1. The van der Waals surface area contributed by atoms with Crippen LogP contribution in [0.25, 0.3) is 10.2 Å². The standard InChI is InChI=1S/C15H13F8N3O2S/c1-2-28-12(27)26-10(14(20,21)15(22,23)13(18,19)9(16)17)25-11-24-7-5-3-4-6-8(7)29-11/h3-6,9-10H,2H2,1H3,(H,24,25)(H,26,27)/t10-/m1/s1. The van der Waals surface area contributed by atoms with E-state index < -0.39 is 41.6 Å². The molecule has 0 saturated heterocycles. The number of rotatable bonds is 8. The number of benzene rings is 1. The molecule has 2 rings (SSSR count). The van der Waals surface area contributed by atoms with Gasteiger partial charge in [-0.25, -0.2) is 18.6 Å². The molecule has 0 unspecified atom stereocenters. The second-order valence-corrected chi connectivity index (χ2v) is 6.58. The summed E-state index contributed by atoms with van der Waals surface area (Å²) in [5, 5.41) is 2.50. The van der Waals surface area contributed by atoms with Crippen molar-refractivity contribution in [1.82, 2.24) is 10.3 Å². The van der Waals surface area contributed by atoms with Crippen LogP contribution in [0, 0.1) is 0 Å². The Hall–Kier alpha value is -2.38. The molecule has 1 aromatic carbocycles. The Labute approximate surface area is 162 Å². The van der Waals surface area contributed by atoms with Crippen molar-refractivity contribution in [2.24, 2.45) is 0 Å². The summed E-state index contributed by atoms with van der Waals surface area (Å²) in [5.74, 6) is -18.8. The highest BCUT2D eigenvalue weighted by Crippen LogP contribution is 2.50. The largest absolute Gasteiger partial charge is 0.450 e. The number of carbonyl (C=O) groups excluding carboxylic acids is 1. The van der Waals surface area contributed by atoms with Gasteiger partial charge >= 0.3 is 30.3 Å². The molecular weight excluding hydrogens is 438 g/mol. The van der Waals surface area contributed by atoms with Gasteiger partial charge in [0.05, 0.1) is 16.8 Å². The SMILES string of the molecule is CCOC(=O)N[C@@H](Nc1nc2ccccc2s1)C(F)(F)C(F)(F)C(F)(F)C(F)F. The summed E-state index contributed by atoms with van der Waals surface area (Å²) in [7, 11) is 0. The van der Waals surface area contributed by atoms with Crippen LogP contribution in [0.1, 0.15) is 6.92 Å². The topological polar surface area (TPSA) is 63.2 Å². The number of carbonyl (C=O) groups is 1. The Balaban J connectivity index is 2.43. The van der Waals surface area contributed by atoms with Crippen molar-refractivity contribution in [2.45, 2.75) is 37.3 Å². The van der Waals surface area contributed by atoms with Gasteiger partial charge in [-0.3, -0.25) is 5.32 Å². The van der Waals surface area contributed by atoms with E-state index in [1.807, 2.05) is 0 Å². The van der Waals surface area contributed by atoms with E-state index in [0.29, 0.717) is 16.0 Å². The summed E-state index contributed by atoms with van der Waals surface area (Å²) in [4.78, 5) is 15.3. The molecule has 0 aliphatic carbocycles. The molecule has 0 aliphatic rings. The fraction of sp³-hybridized carbons (Fsp3) is 0.467. The Morgan fingerprint density at radius 2 is 1.76 bits per heavy atom. The average molecular weight is 451 g/mol. The van der Waals surface area contributed by atoms with Crippen LogP contribution in [0.2, 0.25) is 0 Å². The zero-order valence-corrected chi connectivity index (χ0v) is 15.2. The van der Waals surface area contributed by atoms with Gasteiger partial charge in [0.2, 0.25) is 0 Å². The molecule has 29 heavy (non-hydrogen) atoms. The predicted molar refractivity (Wildman–Crippen MR) is 88.0 cm³/mol. The highest BCUT2D eigenvalue weighted by atomic mass is 32.1. The van der Waals surface area contributed by atoms with Gasteiger partial charge in [0.25, 0.3) is 0 Å². The van der Waals surface area contributed by atoms with Crippen molar-refractivity contribution < 1.29 is 44.7 Å². The third kappa shape index (κ3) is 4.31. The van der Waals surface area contributed by atoms with Gasteiger partial charge in [-0.2, -0.15) is 26.3 Å². The zero-order chi connectivity index (χ0) is 22.0. The summed E-state index contributed by atoms with van der Waals surface area (Å²) >= 11 is 0.678. The third-order valence-corrected chi connectivity index (χ3v) is 4.54. The minimum Gasteiger partial charge on any atom is -0.450 e. The van der Waals surface area contributed by atoms with E-state index in [9.17, 15) is 39.9 Å². The number of halogens is 8. The molecule has 0 aliphatic heterocycles. The van der Waals surface area contributed by atoms with Crippen molar-refractivity contribution in [3.8, 4) is 0 Å². The number of nitrogens with zero attached hydrogens (tertiary/aromatic N) is 1. The van der Waals surface area contributed by atoms with E-state index in [1.165, 1.54) is 30.4 Å². The van der Waals surface area contributed by atoms with Gasteiger partial charge in [0.15, 0.2) is 11.3 Å². The van der Waals surface area contributed by atoms with Crippen molar-refractivity contribution in [2.75, 3.05) is 11.9 Å². The number of nitrogens with one attached hydrogen (secondary N) is 2. The maximum atomic E-state index is 14.3. The van der Waals surface area contributed by atoms with E-state index in [-0.39, 0.29) is 12.1 Å². The molecule has 1 heterocycles. The number of thiazole rings is 1. The van der Waals surface area contributed by atoms with E-state index in [0.717, 1.165) is 0 Å². The molecule has 0 radical (unpaired) electrons. The summed E-state index contributed by atoms with van der Waals surface area (Å²) in [6.45, 7) is 0.891. The number of ether oxygens (including phenoxy) is 1. The Morgan fingerprint density at radius 3 is 2.31 bits per heavy atom. The monoisotopic (exact) mass is 451 g/mol. The van der Waals surface area contributed by atoms with Gasteiger partial charge in [0.1, 0.15) is 0 Å². The molecule has 0 bridgehead atoms. The van der Waals surface area contributed by atoms with Crippen LogP contribution in [0.4, 0.5) is 45.0 Å². The fourth-order valence-corrected chi connectivity index (χ4v) is 3.00. The second-order valence-electron chi connectivity index (χ2n) is 5.55. The van der Waals surface area contributed by atoms with E-state index in [1.54, 1.807) is 11.4 Å². The van der Waals surface area contributed by atoms with Gasteiger partial charge in [-0.05, 0) is 19.1 Å². The normalized spacial score (nSPS) is 14.1. The predicted octanol–water partition coefficient (Wildman–Crippen LogP) is 4.95. The highest BCUT2D eigenvalue weighted by molar-refractivity contribution is 7.22. The molecule has 1 atom stereocenters. The first-order valence-corrected chi connectivity index (χ1v) is 8.63. The Bertz CT molecular complexity index is 828. The quantitative estimate of drug-likeness (QED) is 0.441. The van der Waals surface area contributed by atoms with E-state index >= 15 is 0 Å². The van der Waals surface area contributed by atoms with Crippen molar-refractivity contribution in [1.29, 1.82) is 0 Å². The summed E-state index contributed by atoms with van der Waals surface area (Å²) in [6, 6.07) is 6.04. The average Bonchev–Trinajstić information content (AvgIpc) is 3.03. The minimum absolute atomic E-state index is 0.253. The van der Waals surface area contributed by atoms with Crippen LogP contribution in [-0.4, -0.2) is 48.0 Å². The van der Waals surface area contributed by atoms with Crippen molar-refractivity contribution >= 4 is 32.8 Å². The zero-order valence-electron chi connectivity index (χ0n) is 14.4. The molecule has 2 N–H and O–H groups in total. The number of hydrogen-bond donors (Lipinski definition) is 2. The van der Waals surface area contributed by atoms with Gasteiger partial charge in [-0.1, -0.05) is 23.5 Å². The summed E-state index contributed by atoms with van der Waals surface area (Å²) in [5.41, 5.74) is 0.253. The first-order valence-electron chi connectivity index (χ1n) is 7.81. The number of aromatic nitrogens is 1. The lowest BCUT2D eigenvalue weighted by Gasteiger charge is -2.36. The van der Waals surface area contributed by atoms with Gasteiger partial charge in [-0.15, -0.1) is 0 Å². The first-order chi connectivity index (χ1) is 13.3. The molecule has 14 heteroatoms. The maximum Gasteiger partial charge on any atom is 0.408 e. The highest BCUT2D eigenvalue weighted by Gasteiger charge is 2.78. The number of alkyl halides is 8. The number of hydrogen-bond acceptors (Lipinski definition) is 5. The molecule has 1 aromatic heterocycles. The van der Waals surface area contributed by atoms with Crippen LogP contribution in [0.3, 0.4) is 0 Å². The number of para-hydroxylation sites is 1. The molecular formula is C15H13F8N3O2S. The molecule has 162 valence electrons. The Morgan fingerprint density at radius 1 is 1.14 bits per heavy atom. The number of amides is 1. The van der Waals surface area contributed by atoms with Gasteiger partial charge < -0.3 is 10.1 Å². The summed E-state index contributed by atoms with van der Waals surface area (Å²) in [6.07, 6.45) is -10.0. The lowest BCUT2D eigenvalue weighted by molar-refractivity contribution is -0.342. The Kier molecular flexibility index (Phi) is 6.45. The van der Waals surface area contributed by atoms with Crippen LogP contribution >= 0.6 is 11.3 Å². The third-order valence-electron chi connectivity index (χ3n) is 3.57. The van der Waals surface area contributed by atoms with E-state index in [2.05, 4.69) is 9.72 Å². The summed E-state index contributed by atoms with van der Waals surface area (Å²) < 4.78 is 112. The van der Waals surface area contributed by atoms with Gasteiger partial charge in [0, 0.05) is 0 Å². The first kappa shape index (κ1) is 22.9. The number of alkyl carbamates (subject to hydrolysis) is 1. The molecule has 0 fully saturated rings. The molecule has 0 saturated carbocycles. The molecule has 2 aromatic rings. The lowest BCUT2D eigenvalue weighted by Crippen LogP contribution is -2.67. The second kappa shape index (κ2) is 8.16. The van der Waals surface area contributed by atoms with Crippen LogP contribution < -0.4 is 10.6 Å². The smallest absolute Gasteiger partial charge is 0.408 e. The molecule has 1 amide bonds.